The van der Waals surface area contributed by atoms with Gasteiger partial charge >= 0.3 is 0 Å². The number of carbonyl (C=O) groups excluding carboxylic acids is 2. The van der Waals surface area contributed by atoms with Gasteiger partial charge in [0.05, 0.1) is 16.1 Å². The van der Waals surface area contributed by atoms with Gasteiger partial charge in [0.1, 0.15) is 0 Å². The van der Waals surface area contributed by atoms with Crippen molar-refractivity contribution in [2.75, 3.05) is 0 Å². The number of allylic oxidation sites excluding steroid dienone is 1. The van der Waals surface area contributed by atoms with Crippen molar-refractivity contribution in [1.82, 2.24) is 4.98 Å². The van der Waals surface area contributed by atoms with Crippen LogP contribution >= 0.6 is 22.9 Å². The molecule has 0 bridgehead atoms. The fraction of sp³-hybridized carbons (Fsp3) is 0.125. The number of nitrogens with zero attached hydrogens (tertiary/aromatic N) is 2. The molecule has 6 heteroatoms. The molecule has 1 aliphatic rings. The Morgan fingerprint density at radius 3 is 2.59 bits per heavy atom. The zero-order valence-corrected chi connectivity index (χ0v) is 13.2. The molecule has 0 N–H and O–H groups in total. The average molecular weight is 331 g/mol. The van der Waals surface area contributed by atoms with Crippen molar-refractivity contribution in [2.45, 2.75) is 12.5 Å². The summed E-state index contributed by atoms with van der Waals surface area (Å²) in [6, 6.07) is 5.07. The molecular formula is C16H11ClN2O2S. The first-order valence-corrected chi connectivity index (χ1v) is 7.78. The average Bonchev–Trinajstić information content (AvgIpc) is 3.16. The summed E-state index contributed by atoms with van der Waals surface area (Å²) in [6.45, 7) is 1.89. The SMILES string of the molecule is Cc1ccsc1C(=O)C1(c2ccc(C(=O)Cl)cn2)C=CC=N1. The fourth-order valence-electron chi connectivity index (χ4n) is 2.30. The van der Waals surface area contributed by atoms with E-state index in [4.69, 9.17) is 11.6 Å². The smallest absolute Gasteiger partial charge is 0.253 e. The molecule has 0 saturated carbocycles. The molecule has 110 valence electrons. The molecule has 3 heterocycles. The summed E-state index contributed by atoms with van der Waals surface area (Å²) in [6.07, 6.45) is 6.40. The highest BCUT2D eigenvalue weighted by atomic mass is 35.5. The lowest BCUT2D eigenvalue weighted by atomic mass is 9.88. The third-order valence-electron chi connectivity index (χ3n) is 3.50. The molecule has 0 aliphatic carbocycles. The molecule has 1 aliphatic heterocycles. The quantitative estimate of drug-likeness (QED) is 0.636. The first kappa shape index (κ1) is 14.8. The summed E-state index contributed by atoms with van der Waals surface area (Å²) in [5.41, 5.74) is 0.504. The number of Topliss-reactive ketones (excluding diaryl/α,β-unsaturated/α-hetero) is 1. The van der Waals surface area contributed by atoms with Crippen LogP contribution in [0.1, 0.15) is 31.3 Å². The van der Waals surface area contributed by atoms with Crippen LogP contribution in [0.2, 0.25) is 0 Å². The van der Waals surface area contributed by atoms with Crippen molar-refractivity contribution in [3.8, 4) is 0 Å². The van der Waals surface area contributed by atoms with Gasteiger partial charge in [-0.2, -0.15) is 0 Å². The Morgan fingerprint density at radius 2 is 2.09 bits per heavy atom. The second-order valence-corrected chi connectivity index (χ2v) is 6.13. The molecule has 22 heavy (non-hydrogen) atoms. The predicted octanol–water partition coefficient (Wildman–Crippen LogP) is 3.55. The summed E-state index contributed by atoms with van der Waals surface area (Å²) in [4.78, 5) is 33.4. The molecule has 0 radical (unpaired) electrons. The molecule has 1 unspecified atom stereocenters. The van der Waals surface area contributed by atoms with Crippen molar-refractivity contribution in [2.24, 2.45) is 4.99 Å². The molecule has 3 rings (SSSR count). The van der Waals surface area contributed by atoms with Gasteiger partial charge < -0.3 is 0 Å². The van der Waals surface area contributed by atoms with Crippen LogP contribution in [0.3, 0.4) is 0 Å². The summed E-state index contributed by atoms with van der Waals surface area (Å²) >= 11 is 6.81. The van der Waals surface area contributed by atoms with Crippen LogP contribution in [-0.2, 0) is 5.54 Å². The standard InChI is InChI=1S/C16H11ClN2O2S/c1-10-5-8-22-13(10)14(20)16(6-2-7-19-16)12-4-3-11(9-18-12)15(17)21/h2-9H,1H3. The Labute approximate surface area is 136 Å². The maximum Gasteiger partial charge on any atom is 0.253 e. The van der Waals surface area contributed by atoms with Crippen LogP contribution in [0.15, 0.2) is 46.9 Å². The highest BCUT2D eigenvalue weighted by molar-refractivity contribution is 7.12. The number of thiophene rings is 1. The summed E-state index contributed by atoms with van der Waals surface area (Å²) in [5.74, 6) is -0.123. The minimum Gasteiger partial charge on any atom is -0.290 e. The third kappa shape index (κ3) is 2.32. The van der Waals surface area contributed by atoms with E-state index in [1.165, 1.54) is 17.5 Å². The van der Waals surface area contributed by atoms with E-state index in [1.807, 2.05) is 18.4 Å². The van der Waals surface area contributed by atoms with Crippen LogP contribution in [0.4, 0.5) is 0 Å². The Morgan fingerprint density at radius 1 is 1.27 bits per heavy atom. The Balaban J connectivity index is 2.08. The van der Waals surface area contributed by atoms with Gasteiger partial charge in [-0.15, -0.1) is 11.3 Å². The van der Waals surface area contributed by atoms with Crippen molar-refractivity contribution < 1.29 is 9.59 Å². The number of pyridine rings is 1. The van der Waals surface area contributed by atoms with Gasteiger partial charge in [-0.3, -0.25) is 19.6 Å². The number of aliphatic imine (C=N–C) groups is 1. The van der Waals surface area contributed by atoms with E-state index in [1.54, 1.807) is 30.5 Å². The minimum absolute atomic E-state index is 0.123. The van der Waals surface area contributed by atoms with E-state index in [2.05, 4.69) is 9.98 Å². The normalized spacial score (nSPS) is 19.5. The van der Waals surface area contributed by atoms with Gasteiger partial charge in [-0.1, -0.05) is 0 Å². The second kappa shape index (κ2) is 5.59. The Bertz CT molecular complexity index is 794. The molecule has 0 spiro atoms. The summed E-state index contributed by atoms with van der Waals surface area (Å²) < 4.78 is 0. The number of halogens is 1. The van der Waals surface area contributed by atoms with Crippen LogP contribution in [0, 0.1) is 6.92 Å². The lowest BCUT2D eigenvalue weighted by molar-refractivity contribution is 0.0924. The third-order valence-corrected chi connectivity index (χ3v) is 4.73. The number of aryl methyl sites for hydroxylation is 1. The number of ketones is 1. The lowest BCUT2D eigenvalue weighted by Gasteiger charge is -2.22. The molecule has 0 saturated heterocycles. The molecule has 1 atom stereocenters. The van der Waals surface area contributed by atoms with Crippen molar-refractivity contribution in [3.63, 3.8) is 0 Å². The molecule has 0 amide bonds. The number of hydrogen-bond donors (Lipinski definition) is 0. The van der Waals surface area contributed by atoms with Crippen LogP contribution in [0.5, 0.6) is 0 Å². The van der Waals surface area contributed by atoms with E-state index in [0.29, 0.717) is 10.6 Å². The first-order chi connectivity index (χ1) is 10.5. The monoisotopic (exact) mass is 330 g/mol. The highest BCUT2D eigenvalue weighted by Crippen LogP contribution is 2.35. The van der Waals surface area contributed by atoms with E-state index < -0.39 is 10.8 Å². The molecule has 4 nitrogen and oxygen atoms in total. The number of carbonyl (C=O) groups is 2. The Kier molecular flexibility index (Phi) is 3.76. The maximum absolute atomic E-state index is 13.0. The summed E-state index contributed by atoms with van der Waals surface area (Å²) in [5, 5.41) is 1.29. The van der Waals surface area contributed by atoms with Gasteiger partial charge in [0.25, 0.3) is 5.24 Å². The van der Waals surface area contributed by atoms with Gasteiger partial charge in [0, 0.05) is 12.4 Å². The van der Waals surface area contributed by atoms with Crippen LogP contribution in [0.25, 0.3) is 0 Å². The van der Waals surface area contributed by atoms with E-state index in [0.717, 1.165) is 5.56 Å². The van der Waals surface area contributed by atoms with Gasteiger partial charge in [-0.25, -0.2) is 0 Å². The zero-order valence-electron chi connectivity index (χ0n) is 11.6. The van der Waals surface area contributed by atoms with Gasteiger partial charge in [0.15, 0.2) is 5.54 Å². The van der Waals surface area contributed by atoms with Gasteiger partial charge in [-0.05, 0) is 59.8 Å². The molecule has 0 aromatic carbocycles. The van der Waals surface area contributed by atoms with Crippen molar-refractivity contribution in [3.05, 3.63) is 63.6 Å². The lowest BCUT2D eigenvalue weighted by Crippen LogP contribution is -2.31. The topological polar surface area (TPSA) is 59.4 Å². The maximum atomic E-state index is 13.0. The second-order valence-electron chi connectivity index (χ2n) is 4.87. The molecular weight excluding hydrogens is 320 g/mol. The van der Waals surface area contributed by atoms with Crippen molar-refractivity contribution >= 4 is 40.2 Å². The zero-order chi connectivity index (χ0) is 15.7. The molecule has 2 aromatic rings. The predicted molar refractivity (Wildman–Crippen MR) is 87.1 cm³/mol. The largest absolute Gasteiger partial charge is 0.290 e. The van der Waals surface area contributed by atoms with Crippen molar-refractivity contribution in [1.29, 1.82) is 0 Å². The number of aromatic nitrogens is 1. The number of hydrogen-bond acceptors (Lipinski definition) is 5. The van der Waals surface area contributed by atoms with E-state index in [-0.39, 0.29) is 11.3 Å². The highest BCUT2D eigenvalue weighted by Gasteiger charge is 2.41. The fourth-order valence-corrected chi connectivity index (χ4v) is 3.34. The first-order valence-electron chi connectivity index (χ1n) is 6.53. The van der Waals surface area contributed by atoms with Gasteiger partial charge in [0.2, 0.25) is 5.78 Å². The van der Waals surface area contributed by atoms with E-state index in [9.17, 15) is 9.59 Å². The van der Waals surface area contributed by atoms with Crippen LogP contribution < -0.4 is 0 Å². The molecule has 2 aromatic heterocycles. The molecule has 0 fully saturated rings. The van der Waals surface area contributed by atoms with Crippen LogP contribution in [-0.4, -0.2) is 22.2 Å². The minimum atomic E-state index is -1.16. The summed E-state index contributed by atoms with van der Waals surface area (Å²) in [7, 11) is 0. The van der Waals surface area contributed by atoms with E-state index >= 15 is 0 Å². The number of rotatable bonds is 4. The Hall–Kier alpha value is -2.11.